The maximum absolute atomic E-state index is 12.0. The second-order valence-corrected chi connectivity index (χ2v) is 6.52. The quantitative estimate of drug-likeness (QED) is 0.468. The molecule has 0 aliphatic carbocycles. The van der Waals surface area contributed by atoms with Crippen LogP contribution in [0.2, 0.25) is 0 Å². The van der Waals surface area contributed by atoms with Crippen LogP contribution in [0.1, 0.15) is 22.3 Å². The van der Waals surface area contributed by atoms with Crippen molar-refractivity contribution in [2.45, 2.75) is 19.9 Å². The smallest absolute Gasteiger partial charge is 0.437 e. The molecule has 0 radical (unpaired) electrons. The minimum absolute atomic E-state index is 0.0191. The van der Waals surface area contributed by atoms with Crippen LogP contribution in [0.3, 0.4) is 0 Å². The second kappa shape index (κ2) is 7.92. The van der Waals surface area contributed by atoms with Crippen molar-refractivity contribution in [3.8, 4) is 10.8 Å². The van der Waals surface area contributed by atoms with Crippen molar-refractivity contribution in [3.63, 3.8) is 0 Å². The molecule has 0 fully saturated rings. The molecule has 26 heavy (non-hydrogen) atoms. The highest BCUT2D eigenvalue weighted by atomic mass is 32.1. The van der Waals surface area contributed by atoms with E-state index >= 15 is 0 Å². The summed E-state index contributed by atoms with van der Waals surface area (Å²) in [5, 5.41) is 5.89. The van der Waals surface area contributed by atoms with Gasteiger partial charge in [-0.3, -0.25) is 9.59 Å². The number of hydrogen-bond donors (Lipinski definition) is 0. The number of ketones is 1. The first-order valence-electron chi connectivity index (χ1n) is 7.90. The number of benzene rings is 1. The lowest BCUT2D eigenvalue weighted by Crippen LogP contribution is -2.20. The minimum Gasteiger partial charge on any atom is -0.457 e. The van der Waals surface area contributed by atoms with E-state index in [-0.39, 0.29) is 31.2 Å². The summed E-state index contributed by atoms with van der Waals surface area (Å²) < 4.78 is 11.1. The molecule has 0 saturated heterocycles. The lowest BCUT2D eigenvalue weighted by atomic mass is 10.1. The Morgan fingerprint density at radius 1 is 1.23 bits per heavy atom. The highest BCUT2D eigenvalue weighted by Gasteiger charge is 2.14. The first-order valence-corrected chi connectivity index (χ1v) is 8.78. The van der Waals surface area contributed by atoms with E-state index in [1.54, 1.807) is 18.2 Å². The van der Waals surface area contributed by atoms with Crippen molar-refractivity contribution in [3.05, 3.63) is 63.5 Å². The highest BCUT2D eigenvalue weighted by molar-refractivity contribution is 7.13. The fourth-order valence-electron chi connectivity index (χ4n) is 2.19. The number of aromatic nitrogens is 2. The van der Waals surface area contributed by atoms with Gasteiger partial charge >= 0.3 is 11.7 Å². The number of nitrogens with zero attached hydrogens (tertiary/aromatic N) is 2. The third-order valence-corrected chi connectivity index (χ3v) is 4.46. The maximum Gasteiger partial charge on any atom is 0.437 e. The molecule has 0 atom stereocenters. The highest BCUT2D eigenvalue weighted by Crippen LogP contribution is 2.21. The molecular weight excluding hydrogens is 356 g/mol. The van der Waals surface area contributed by atoms with E-state index in [4.69, 9.17) is 9.15 Å². The molecular formula is C18H16N2O5S. The van der Waals surface area contributed by atoms with Crippen LogP contribution >= 0.6 is 11.3 Å². The maximum atomic E-state index is 12.0. The van der Waals surface area contributed by atoms with Gasteiger partial charge in [-0.05, 0) is 18.4 Å². The summed E-state index contributed by atoms with van der Waals surface area (Å²) in [5.74, 6) is -1.29. The molecule has 0 amide bonds. The van der Waals surface area contributed by atoms with E-state index in [1.165, 1.54) is 11.3 Å². The number of ether oxygens (including phenoxy) is 1. The SMILES string of the molecule is Cc1ccc(C(=O)COC(=O)CCn2nc(-c3cccs3)oc2=O)cc1. The van der Waals surface area contributed by atoms with E-state index in [1.807, 2.05) is 30.5 Å². The van der Waals surface area contributed by atoms with Crippen LogP contribution in [-0.2, 0) is 16.1 Å². The Morgan fingerprint density at radius 3 is 2.69 bits per heavy atom. The zero-order chi connectivity index (χ0) is 18.5. The zero-order valence-corrected chi connectivity index (χ0v) is 14.8. The zero-order valence-electron chi connectivity index (χ0n) is 14.0. The summed E-state index contributed by atoms with van der Waals surface area (Å²) in [5.41, 5.74) is 1.52. The molecule has 2 heterocycles. The van der Waals surface area contributed by atoms with Crippen LogP contribution in [-0.4, -0.2) is 28.1 Å². The van der Waals surface area contributed by atoms with E-state index in [9.17, 15) is 14.4 Å². The van der Waals surface area contributed by atoms with Gasteiger partial charge in [-0.1, -0.05) is 35.9 Å². The van der Waals surface area contributed by atoms with Crippen LogP contribution in [0.5, 0.6) is 0 Å². The first kappa shape index (κ1) is 17.8. The second-order valence-electron chi connectivity index (χ2n) is 5.57. The van der Waals surface area contributed by atoms with Crippen molar-refractivity contribution in [1.29, 1.82) is 0 Å². The Morgan fingerprint density at radius 2 is 2.00 bits per heavy atom. The normalized spacial score (nSPS) is 10.7. The van der Waals surface area contributed by atoms with Gasteiger partial charge in [0.25, 0.3) is 5.89 Å². The predicted octanol–water partition coefficient (Wildman–Crippen LogP) is 2.69. The van der Waals surface area contributed by atoms with Gasteiger partial charge in [-0.25, -0.2) is 4.79 Å². The van der Waals surface area contributed by atoms with Crippen molar-refractivity contribution in [1.82, 2.24) is 9.78 Å². The Hall–Kier alpha value is -3.00. The summed E-state index contributed by atoms with van der Waals surface area (Å²) in [7, 11) is 0. The topological polar surface area (TPSA) is 91.4 Å². The summed E-state index contributed by atoms with van der Waals surface area (Å²) >= 11 is 1.39. The van der Waals surface area contributed by atoms with E-state index in [2.05, 4.69) is 5.10 Å². The van der Waals surface area contributed by atoms with Crippen molar-refractivity contribution < 1.29 is 18.7 Å². The standard InChI is InChI=1S/C18H16N2O5S/c1-12-4-6-13(7-5-12)14(21)11-24-16(22)8-9-20-18(23)25-17(19-20)15-3-2-10-26-15/h2-7,10H,8-9,11H2,1H3. The summed E-state index contributed by atoms with van der Waals surface area (Å²) in [6, 6.07) is 10.6. The molecule has 7 nitrogen and oxygen atoms in total. The van der Waals surface area contributed by atoms with Gasteiger partial charge in [0, 0.05) is 5.56 Å². The summed E-state index contributed by atoms with van der Waals surface area (Å²) in [6.07, 6.45) is -0.0858. The molecule has 0 aliphatic rings. The van der Waals surface area contributed by atoms with E-state index in [0.29, 0.717) is 5.56 Å². The fraction of sp³-hybridized carbons (Fsp3) is 0.222. The molecule has 8 heteroatoms. The van der Waals surface area contributed by atoms with Crippen LogP contribution in [0.25, 0.3) is 10.8 Å². The molecule has 0 aliphatic heterocycles. The van der Waals surface area contributed by atoms with Crippen LogP contribution in [0.4, 0.5) is 0 Å². The van der Waals surface area contributed by atoms with Crippen molar-refractivity contribution in [2.75, 3.05) is 6.61 Å². The van der Waals surface area contributed by atoms with Gasteiger partial charge in [0.15, 0.2) is 12.4 Å². The van der Waals surface area contributed by atoms with Crippen LogP contribution in [0, 0.1) is 6.92 Å². The number of rotatable bonds is 7. The third kappa shape index (κ3) is 4.34. The average Bonchev–Trinajstić information content (AvgIpc) is 3.28. The molecule has 3 rings (SSSR count). The number of hydrogen-bond acceptors (Lipinski definition) is 7. The lowest BCUT2D eigenvalue weighted by Gasteiger charge is -2.04. The molecule has 0 N–H and O–H groups in total. The van der Waals surface area contributed by atoms with Crippen LogP contribution in [0.15, 0.2) is 51.0 Å². The monoisotopic (exact) mass is 372 g/mol. The average molecular weight is 372 g/mol. The number of Topliss-reactive ketones (excluding diaryl/α,β-unsaturated/α-hetero) is 1. The molecule has 134 valence electrons. The number of esters is 1. The number of carbonyl (C=O) groups is 2. The summed E-state index contributed by atoms with van der Waals surface area (Å²) in [6.45, 7) is 1.60. The van der Waals surface area contributed by atoms with E-state index in [0.717, 1.165) is 15.1 Å². The van der Waals surface area contributed by atoms with Crippen molar-refractivity contribution >= 4 is 23.1 Å². The number of thiophene rings is 1. The molecule has 0 spiro atoms. The molecule has 2 aromatic heterocycles. The molecule has 1 aromatic carbocycles. The molecule has 0 bridgehead atoms. The minimum atomic E-state index is -0.642. The summed E-state index contributed by atoms with van der Waals surface area (Å²) in [4.78, 5) is 36.3. The van der Waals surface area contributed by atoms with Gasteiger partial charge in [-0.2, -0.15) is 4.68 Å². The van der Waals surface area contributed by atoms with Gasteiger partial charge in [0.1, 0.15) is 0 Å². The molecule has 0 saturated carbocycles. The number of carbonyl (C=O) groups excluding carboxylic acids is 2. The molecule has 0 unspecified atom stereocenters. The van der Waals surface area contributed by atoms with E-state index < -0.39 is 11.7 Å². The Labute approximate surface area is 152 Å². The van der Waals surface area contributed by atoms with Crippen LogP contribution < -0.4 is 5.76 Å². The van der Waals surface area contributed by atoms with Gasteiger partial charge in [-0.15, -0.1) is 16.4 Å². The Kier molecular flexibility index (Phi) is 5.43. The Balaban J connectivity index is 1.51. The van der Waals surface area contributed by atoms with Gasteiger partial charge in [0.2, 0.25) is 0 Å². The fourth-order valence-corrected chi connectivity index (χ4v) is 2.83. The lowest BCUT2D eigenvalue weighted by molar-refractivity contribution is -0.142. The van der Waals surface area contributed by atoms with Gasteiger partial charge < -0.3 is 9.15 Å². The third-order valence-electron chi connectivity index (χ3n) is 3.60. The number of aryl methyl sites for hydroxylation is 2. The molecule has 3 aromatic rings. The predicted molar refractivity (Wildman–Crippen MR) is 95.2 cm³/mol. The Bertz CT molecular complexity index is 954. The van der Waals surface area contributed by atoms with Gasteiger partial charge in [0.05, 0.1) is 17.8 Å². The van der Waals surface area contributed by atoms with Crippen molar-refractivity contribution in [2.24, 2.45) is 0 Å². The first-order chi connectivity index (χ1) is 12.5. The largest absolute Gasteiger partial charge is 0.457 e.